The van der Waals surface area contributed by atoms with Gasteiger partial charge in [-0.25, -0.2) is 0 Å². The second-order valence-electron chi connectivity index (χ2n) is 7.96. The number of rotatable bonds is 7. The number of aryl methyl sites for hydroxylation is 1. The molecule has 2 unspecified atom stereocenters. The molecule has 0 aromatic carbocycles. The summed E-state index contributed by atoms with van der Waals surface area (Å²) in [4.78, 5) is 15.6. The first-order chi connectivity index (χ1) is 12.6. The lowest BCUT2D eigenvalue weighted by molar-refractivity contribution is -0.126. The number of hydrogen-bond donors (Lipinski definition) is 2. The van der Waals surface area contributed by atoms with Gasteiger partial charge in [0.15, 0.2) is 0 Å². The van der Waals surface area contributed by atoms with Crippen LogP contribution in [-0.4, -0.2) is 59.4 Å². The average Bonchev–Trinajstić information content (AvgIpc) is 3.29. The lowest BCUT2D eigenvalue weighted by atomic mass is 9.83. The summed E-state index contributed by atoms with van der Waals surface area (Å²) in [6.45, 7) is 9.35. The summed E-state index contributed by atoms with van der Waals surface area (Å²) < 4.78 is 1.82. The first-order valence-electron chi connectivity index (χ1n) is 10.3. The Morgan fingerprint density at radius 3 is 2.77 bits per heavy atom. The molecule has 6 nitrogen and oxygen atoms in total. The molecule has 0 radical (unpaired) electrons. The van der Waals surface area contributed by atoms with Crippen LogP contribution in [0.4, 0.5) is 0 Å². The number of amides is 1. The fourth-order valence-corrected chi connectivity index (χ4v) is 4.66. The minimum atomic E-state index is 0.00947. The van der Waals surface area contributed by atoms with Crippen LogP contribution in [0.3, 0.4) is 0 Å². The lowest BCUT2D eigenvalue weighted by Gasteiger charge is -2.36. The molecule has 146 valence electrons. The van der Waals surface area contributed by atoms with Crippen molar-refractivity contribution in [1.29, 1.82) is 0 Å². The number of nitrogens with one attached hydrogen (secondary N) is 2. The highest BCUT2D eigenvalue weighted by Gasteiger charge is 2.37. The SMILES string of the molecule is CCN(CC)CC1CCCCC1NC(=O)[C@H]1CNC[C@@H]1c1cnn(C)c1. The van der Waals surface area contributed by atoms with Crippen molar-refractivity contribution in [3.05, 3.63) is 18.0 Å². The zero-order chi connectivity index (χ0) is 18.5. The van der Waals surface area contributed by atoms with Crippen molar-refractivity contribution in [2.75, 3.05) is 32.7 Å². The summed E-state index contributed by atoms with van der Waals surface area (Å²) in [5, 5.41) is 11.1. The zero-order valence-corrected chi connectivity index (χ0v) is 16.6. The molecular weight excluding hydrogens is 326 g/mol. The van der Waals surface area contributed by atoms with Crippen molar-refractivity contribution in [3.63, 3.8) is 0 Å². The molecule has 6 heteroatoms. The van der Waals surface area contributed by atoms with Crippen molar-refractivity contribution in [2.45, 2.75) is 51.5 Å². The molecule has 2 aliphatic rings. The second kappa shape index (κ2) is 9.00. The van der Waals surface area contributed by atoms with Crippen molar-refractivity contribution in [1.82, 2.24) is 25.3 Å². The first-order valence-corrected chi connectivity index (χ1v) is 10.3. The molecule has 1 saturated carbocycles. The van der Waals surface area contributed by atoms with Crippen LogP contribution in [0.1, 0.15) is 51.0 Å². The normalized spacial score (nSPS) is 29.2. The summed E-state index contributed by atoms with van der Waals surface area (Å²) >= 11 is 0. The molecule has 2 fully saturated rings. The van der Waals surface area contributed by atoms with Crippen molar-refractivity contribution >= 4 is 5.91 Å². The highest BCUT2D eigenvalue weighted by molar-refractivity contribution is 5.80. The topological polar surface area (TPSA) is 62.2 Å². The highest BCUT2D eigenvalue weighted by atomic mass is 16.2. The van der Waals surface area contributed by atoms with E-state index < -0.39 is 0 Å². The summed E-state index contributed by atoms with van der Waals surface area (Å²) in [7, 11) is 1.93. The number of hydrogen-bond acceptors (Lipinski definition) is 4. The third-order valence-electron chi connectivity index (χ3n) is 6.33. The van der Waals surface area contributed by atoms with Crippen LogP contribution >= 0.6 is 0 Å². The molecule has 1 aromatic rings. The molecule has 1 amide bonds. The summed E-state index contributed by atoms with van der Waals surface area (Å²) in [6.07, 6.45) is 8.82. The molecule has 0 bridgehead atoms. The van der Waals surface area contributed by atoms with Crippen molar-refractivity contribution in [3.8, 4) is 0 Å². The van der Waals surface area contributed by atoms with Gasteiger partial charge in [0.05, 0.1) is 12.1 Å². The Balaban J connectivity index is 1.63. The molecule has 4 atom stereocenters. The van der Waals surface area contributed by atoms with Crippen LogP contribution in [0.2, 0.25) is 0 Å². The molecule has 1 aromatic heterocycles. The van der Waals surface area contributed by atoms with E-state index in [9.17, 15) is 4.79 Å². The third kappa shape index (κ3) is 4.46. The van der Waals surface area contributed by atoms with Gasteiger partial charge in [-0.1, -0.05) is 26.7 Å². The smallest absolute Gasteiger partial charge is 0.225 e. The quantitative estimate of drug-likeness (QED) is 0.777. The largest absolute Gasteiger partial charge is 0.353 e. The van der Waals surface area contributed by atoms with Crippen molar-refractivity contribution < 1.29 is 4.79 Å². The number of nitrogens with zero attached hydrogens (tertiary/aromatic N) is 3. The Hall–Kier alpha value is -1.40. The predicted octanol–water partition coefficient (Wildman–Crippen LogP) is 1.74. The molecule has 3 rings (SSSR count). The molecule has 2 heterocycles. The predicted molar refractivity (Wildman–Crippen MR) is 104 cm³/mol. The van der Waals surface area contributed by atoms with Gasteiger partial charge in [0.2, 0.25) is 5.91 Å². The van der Waals surface area contributed by atoms with E-state index in [4.69, 9.17) is 0 Å². The summed E-state index contributed by atoms with van der Waals surface area (Å²) in [6, 6.07) is 0.326. The Morgan fingerprint density at radius 2 is 2.08 bits per heavy atom. The van der Waals surface area contributed by atoms with Gasteiger partial charge in [0.25, 0.3) is 0 Å². The van der Waals surface area contributed by atoms with Crippen LogP contribution in [0, 0.1) is 11.8 Å². The maximum absolute atomic E-state index is 13.1. The summed E-state index contributed by atoms with van der Waals surface area (Å²) in [5.74, 6) is 1.04. The summed E-state index contributed by atoms with van der Waals surface area (Å²) in [5.41, 5.74) is 1.17. The van der Waals surface area contributed by atoms with Gasteiger partial charge >= 0.3 is 0 Å². The van der Waals surface area contributed by atoms with E-state index in [1.54, 1.807) is 0 Å². The third-order valence-corrected chi connectivity index (χ3v) is 6.33. The molecular formula is C20H35N5O. The number of carbonyl (C=O) groups is 1. The van der Waals surface area contributed by atoms with E-state index in [1.165, 1.54) is 24.8 Å². The minimum Gasteiger partial charge on any atom is -0.353 e. The molecule has 1 saturated heterocycles. The Labute approximate surface area is 157 Å². The van der Waals surface area contributed by atoms with Gasteiger partial charge in [-0.05, 0) is 37.4 Å². The van der Waals surface area contributed by atoms with E-state index >= 15 is 0 Å². The highest BCUT2D eigenvalue weighted by Crippen LogP contribution is 2.30. The Kier molecular flexibility index (Phi) is 6.70. The second-order valence-corrected chi connectivity index (χ2v) is 7.96. The minimum absolute atomic E-state index is 0.00947. The first kappa shape index (κ1) is 19.4. The van der Waals surface area contributed by atoms with Crippen LogP contribution in [0.25, 0.3) is 0 Å². The Morgan fingerprint density at radius 1 is 1.31 bits per heavy atom. The fraction of sp³-hybridized carbons (Fsp3) is 0.800. The lowest BCUT2D eigenvalue weighted by Crippen LogP contribution is -2.49. The van der Waals surface area contributed by atoms with Crippen LogP contribution < -0.4 is 10.6 Å². The van der Waals surface area contributed by atoms with E-state index in [-0.39, 0.29) is 17.7 Å². The molecule has 1 aliphatic heterocycles. The fourth-order valence-electron chi connectivity index (χ4n) is 4.66. The van der Waals surface area contributed by atoms with Crippen molar-refractivity contribution in [2.24, 2.45) is 18.9 Å². The molecule has 0 spiro atoms. The van der Waals surface area contributed by atoms with E-state index in [0.717, 1.165) is 39.1 Å². The number of aromatic nitrogens is 2. The Bertz CT molecular complexity index is 583. The van der Waals surface area contributed by atoms with E-state index in [1.807, 2.05) is 24.1 Å². The molecule has 2 N–H and O–H groups in total. The van der Waals surface area contributed by atoms with Crippen LogP contribution in [0.5, 0.6) is 0 Å². The maximum Gasteiger partial charge on any atom is 0.225 e. The molecule has 1 aliphatic carbocycles. The van der Waals surface area contributed by atoms with Crippen LogP contribution in [-0.2, 0) is 11.8 Å². The standard InChI is InChI=1S/C20H35N5O/c1-4-25(5-2)14-15-8-6-7-9-19(15)23-20(26)18-12-21-11-17(18)16-10-22-24(3)13-16/h10,13,15,17-19,21H,4-9,11-12,14H2,1-3H3,(H,23,26)/t15?,17-,18+,19?/m1/s1. The number of carbonyl (C=O) groups excluding carboxylic acids is 1. The van der Waals surface area contributed by atoms with E-state index in [0.29, 0.717) is 12.0 Å². The van der Waals surface area contributed by atoms with Gasteiger partial charge < -0.3 is 15.5 Å². The molecule has 26 heavy (non-hydrogen) atoms. The van der Waals surface area contributed by atoms with Gasteiger partial charge in [-0.3, -0.25) is 9.48 Å². The van der Waals surface area contributed by atoms with Gasteiger partial charge in [-0.15, -0.1) is 0 Å². The zero-order valence-electron chi connectivity index (χ0n) is 16.6. The van der Waals surface area contributed by atoms with Gasteiger partial charge in [0.1, 0.15) is 0 Å². The maximum atomic E-state index is 13.1. The van der Waals surface area contributed by atoms with Gasteiger partial charge in [-0.2, -0.15) is 5.10 Å². The van der Waals surface area contributed by atoms with Gasteiger partial charge in [0, 0.05) is 44.8 Å². The average molecular weight is 362 g/mol. The van der Waals surface area contributed by atoms with E-state index in [2.05, 4.69) is 34.5 Å². The monoisotopic (exact) mass is 361 g/mol. The van der Waals surface area contributed by atoms with Crippen LogP contribution in [0.15, 0.2) is 12.4 Å².